The molecule has 4 atom stereocenters. The Morgan fingerprint density at radius 3 is 2.37 bits per heavy atom. The van der Waals surface area contributed by atoms with Crippen LogP contribution in [0.1, 0.15) is 50.1 Å². The Labute approximate surface area is 217 Å². The monoisotopic (exact) mass is 533 g/mol. The molecule has 0 bridgehead atoms. The molecule has 0 spiro atoms. The summed E-state index contributed by atoms with van der Waals surface area (Å²) in [5.41, 5.74) is 6.25. The molecular weight excluding hydrogens is 503 g/mol. The van der Waals surface area contributed by atoms with Gasteiger partial charge in [0.1, 0.15) is 11.9 Å². The zero-order chi connectivity index (χ0) is 27.0. The first kappa shape index (κ1) is 26.2. The molecule has 2 aromatic heterocycles. The van der Waals surface area contributed by atoms with Gasteiger partial charge in [-0.1, -0.05) is 5.16 Å². The number of anilines is 2. The summed E-state index contributed by atoms with van der Waals surface area (Å²) < 4.78 is 52.7. The van der Waals surface area contributed by atoms with Crippen molar-refractivity contribution in [3.63, 3.8) is 0 Å². The highest BCUT2D eigenvalue weighted by Crippen LogP contribution is 2.32. The SMILES string of the molecule is C[C@H](Oc1cnc(N2C[C@H](c3cc(F)c(F)cc3F)[C@@H](N)C2)nc1)C1CCN(c2nc([C@@H](C)O)no2)CC1. The van der Waals surface area contributed by atoms with Crippen LogP contribution < -0.4 is 20.3 Å². The largest absolute Gasteiger partial charge is 0.487 e. The predicted molar refractivity (Wildman–Crippen MR) is 131 cm³/mol. The van der Waals surface area contributed by atoms with E-state index in [1.54, 1.807) is 24.2 Å². The van der Waals surface area contributed by atoms with Crippen LogP contribution in [-0.2, 0) is 0 Å². The minimum absolute atomic E-state index is 0.0428. The molecule has 13 heteroatoms. The third-order valence-electron chi connectivity index (χ3n) is 7.30. The van der Waals surface area contributed by atoms with E-state index in [0.717, 1.165) is 32.0 Å². The second kappa shape index (κ2) is 10.7. The highest BCUT2D eigenvalue weighted by Gasteiger charge is 2.35. The van der Waals surface area contributed by atoms with Crippen LogP contribution in [0.5, 0.6) is 5.75 Å². The van der Waals surface area contributed by atoms with Crippen LogP contribution in [0.2, 0.25) is 0 Å². The van der Waals surface area contributed by atoms with Crippen molar-refractivity contribution in [2.75, 3.05) is 36.0 Å². The van der Waals surface area contributed by atoms with Crippen molar-refractivity contribution in [2.45, 2.75) is 50.9 Å². The Morgan fingerprint density at radius 2 is 1.71 bits per heavy atom. The van der Waals surface area contributed by atoms with Gasteiger partial charge in [0.15, 0.2) is 17.4 Å². The molecule has 3 N–H and O–H groups in total. The Kier molecular flexibility index (Phi) is 7.39. The molecule has 0 aliphatic carbocycles. The third-order valence-corrected chi connectivity index (χ3v) is 7.30. The van der Waals surface area contributed by atoms with Crippen LogP contribution in [0.4, 0.5) is 25.1 Å². The highest BCUT2D eigenvalue weighted by atomic mass is 19.2. The van der Waals surface area contributed by atoms with Crippen molar-refractivity contribution in [1.29, 1.82) is 0 Å². The summed E-state index contributed by atoms with van der Waals surface area (Å²) in [5, 5.41) is 13.4. The molecule has 2 fully saturated rings. The number of aliphatic hydroxyl groups is 1. The molecule has 0 radical (unpaired) electrons. The number of rotatable bonds is 7. The van der Waals surface area contributed by atoms with Gasteiger partial charge in [0.2, 0.25) is 11.8 Å². The first-order chi connectivity index (χ1) is 18.2. The van der Waals surface area contributed by atoms with Crippen molar-refractivity contribution in [1.82, 2.24) is 20.1 Å². The fraction of sp³-hybridized carbons (Fsp3) is 0.520. The average molecular weight is 534 g/mol. The molecule has 2 aliphatic rings. The van der Waals surface area contributed by atoms with E-state index in [1.165, 1.54) is 0 Å². The maximum Gasteiger partial charge on any atom is 0.324 e. The first-order valence-electron chi connectivity index (χ1n) is 12.6. The van der Waals surface area contributed by atoms with E-state index in [-0.39, 0.29) is 24.0 Å². The van der Waals surface area contributed by atoms with Gasteiger partial charge >= 0.3 is 6.01 Å². The standard InChI is InChI=1S/C25H30F3N7O3/c1-13(36)23-32-25(38-33-23)34-5-3-15(4-6-34)14(2)37-16-9-30-24(31-10-16)35-11-18(22(29)12-35)17-7-20(27)21(28)8-19(17)26/h7-10,13-15,18,22,36H,3-6,11-12,29H2,1-2H3/t13-,14+,18-,22+/m1/s1. The summed E-state index contributed by atoms with van der Waals surface area (Å²) in [6.45, 7) is 5.67. The summed E-state index contributed by atoms with van der Waals surface area (Å²) >= 11 is 0. The molecule has 5 rings (SSSR count). The molecule has 0 saturated carbocycles. The highest BCUT2D eigenvalue weighted by molar-refractivity contribution is 5.39. The molecule has 10 nitrogen and oxygen atoms in total. The summed E-state index contributed by atoms with van der Waals surface area (Å²) in [6.07, 6.45) is 4.03. The summed E-state index contributed by atoms with van der Waals surface area (Å²) in [5.74, 6) is -2.20. The molecule has 2 aliphatic heterocycles. The van der Waals surface area contributed by atoms with Crippen LogP contribution in [0.25, 0.3) is 0 Å². The van der Waals surface area contributed by atoms with E-state index >= 15 is 0 Å². The molecule has 2 saturated heterocycles. The van der Waals surface area contributed by atoms with Crippen molar-refractivity contribution < 1.29 is 27.5 Å². The van der Waals surface area contributed by atoms with Gasteiger partial charge in [-0.05, 0) is 44.2 Å². The molecule has 38 heavy (non-hydrogen) atoms. The quantitative estimate of drug-likeness (QED) is 0.438. The molecule has 3 aromatic rings. The lowest BCUT2D eigenvalue weighted by Crippen LogP contribution is -2.38. The summed E-state index contributed by atoms with van der Waals surface area (Å²) in [6, 6.07) is 1.34. The van der Waals surface area contributed by atoms with Gasteiger partial charge in [-0.15, -0.1) is 0 Å². The van der Waals surface area contributed by atoms with E-state index in [2.05, 4.69) is 20.1 Å². The normalized spacial score (nSPS) is 22.1. The fourth-order valence-corrected chi connectivity index (χ4v) is 5.07. The Bertz CT molecular complexity index is 1250. The third kappa shape index (κ3) is 5.39. The van der Waals surface area contributed by atoms with Crippen LogP contribution in [0.15, 0.2) is 29.0 Å². The van der Waals surface area contributed by atoms with Crippen molar-refractivity contribution in [2.24, 2.45) is 11.7 Å². The second-order valence-electron chi connectivity index (χ2n) is 9.94. The van der Waals surface area contributed by atoms with Gasteiger partial charge in [-0.3, -0.25) is 0 Å². The summed E-state index contributed by atoms with van der Waals surface area (Å²) in [4.78, 5) is 16.8. The fourth-order valence-electron chi connectivity index (χ4n) is 5.07. The van der Waals surface area contributed by atoms with Crippen molar-refractivity contribution >= 4 is 12.0 Å². The van der Waals surface area contributed by atoms with Gasteiger partial charge in [0, 0.05) is 44.2 Å². The second-order valence-corrected chi connectivity index (χ2v) is 9.94. The maximum atomic E-state index is 14.3. The van der Waals surface area contributed by atoms with Crippen LogP contribution in [-0.4, -0.2) is 63.5 Å². The van der Waals surface area contributed by atoms with Gasteiger partial charge in [-0.2, -0.15) is 4.98 Å². The molecule has 0 unspecified atom stereocenters. The van der Waals surface area contributed by atoms with Crippen LogP contribution in [0, 0.1) is 23.4 Å². The molecule has 0 amide bonds. The number of aromatic nitrogens is 4. The van der Waals surface area contributed by atoms with E-state index in [0.29, 0.717) is 36.2 Å². The Hall–Kier alpha value is -3.45. The lowest BCUT2D eigenvalue weighted by Gasteiger charge is -2.33. The van der Waals surface area contributed by atoms with E-state index in [1.807, 2.05) is 11.8 Å². The minimum Gasteiger partial charge on any atom is -0.487 e. The zero-order valence-electron chi connectivity index (χ0n) is 21.1. The lowest BCUT2D eigenvalue weighted by molar-refractivity contribution is 0.131. The number of ether oxygens (including phenoxy) is 1. The number of piperidine rings is 1. The van der Waals surface area contributed by atoms with E-state index in [4.69, 9.17) is 15.0 Å². The number of halogens is 3. The first-order valence-corrected chi connectivity index (χ1v) is 12.6. The number of hydrogen-bond donors (Lipinski definition) is 2. The molecule has 1 aromatic carbocycles. The number of benzene rings is 1. The Morgan fingerprint density at radius 1 is 1.03 bits per heavy atom. The number of nitrogens with zero attached hydrogens (tertiary/aromatic N) is 6. The van der Waals surface area contributed by atoms with Crippen LogP contribution >= 0.6 is 0 Å². The lowest BCUT2D eigenvalue weighted by atomic mass is 9.92. The maximum absolute atomic E-state index is 14.3. The number of nitrogens with two attached hydrogens (primary N) is 1. The van der Waals surface area contributed by atoms with Gasteiger partial charge in [0.25, 0.3) is 0 Å². The zero-order valence-corrected chi connectivity index (χ0v) is 21.1. The minimum atomic E-state index is -1.23. The van der Waals surface area contributed by atoms with E-state index in [9.17, 15) is 18.3 Å². The molecular formula is C25H30F3N7O3. The van der Waals surface area contributed by atoms with Crippen molar-refractivity contribution in [3.8, 4) is 5.75 Å². The van der Waals surface area contributed by atoms with Crippen molar-refractivity contribution in [3.05, 3.63) is 53.4 Å². The Balaban J connectivity index is 1.15. The molecule has 204 valence electrons. The number of aliphatic hydroxyl groups excluding tert-OH is 1. The smallest absolute Gasteiger partial charge is 0.324 e. The van der Waals surface area contributed by atoms with Gasteiger partial charge in [0.05, 0.1) is 18.5 Å². The summed E-state index contributed by atoms with van der Waals surface area (Å²) in [7, 11) is 0. The molecule has 4 heterocycles. The van der Waals surface area contributed by atoms with Gasteiger partial charge < -0.3 is 29.9 Å². The van der Waals surface area contributed by atoms with Crippen LogP contribution in [0.3, 0.4) is 0 Å². The average Bonchev–Trinajstić information content (AvgIpc) is 3.54. The van der Waals surface area contributed by atoms with Gasteiger partial charge in [-0.25, -0.2) is 23.1 Å². The van der Waals surface area contributed by atoms with E-state index < -0.39 is 35.5 Å². The predicted octanol–water partition coefficient (Wildman–Crippen LogP) is 2.95. The number of hydrogen-bond acceptors (Lipinski definition) is 10. The topological polar surface area (TPSA) is 127 Å².